The minimum absolute atomic E-state index is 0.307. The van der Waals surface area contributed by atoms with Crippen LogP contribution in [0.5, 0.6) is 11.5 Å². The largest absolute Gasteiger partial charge is 0.496 e. The molecule has 0 saturated heterocycles. The molecule has 1 heterocycles. The molecular formula is C25H26FN2O7S2+. The molecular weight excluding hydrogens is 523 g/mol. The molecule has 0 fully saturated rings. The Morgan fingerprint density at radius 1 is 1.00 bits per heavy atom. The molecule has 3 aromatic rings. The van der Waals surface area contributed by atoms with Crippen LogP contribution < -0.4 is 18.5 Å². The summed E-state index contributed by atoms with van der Waals surface area (Å²) in [6, 6.07) is 13.2. The second-order valence-electron chi connectivity index (χ2n) is 8.29. The first-order valence-corrected chi connectivity index (χ1v) is 14.6. The van der Waals surface area contributed by atoms with Crippen molar-refractivity contribution in [3.63, 3.8) is 0 Å². The Labute approximate surface area is 214 Å². The zero-order chi connectivity index (χ0) is 27.2. The predicted molar refractivity (Wildman–Crippen MR) is 138 cm³/mol. The third kappa shape index (κ3) is 3.95. The van der Waals surface area contributed by atoms with Crippen LogP contribution in [0.2, 0.25) is 0 Å². The summed E-state index contributed by atoms with van der Waals surface area (Å²) in [5, 5.41) is 0. The zero-order valence-electron chi connectivity index (χ0n) is 20.3. The molecule has 1 atom stereocenters. The summed E-state index contributed by atoms with van der Waals surface area (Å²) < 4.78 is 77.1. The Bertz CT molecular complexity index is 1570. The van der Waals surface area contributed by atoms with Gasteiger partial charge in [0, 0.05) is 17.7 Å². The molecule has 12 heteroatoms. The van der Waals surface area contributed by atoms with Gasteiger partial charge in [-0.1, -0.05) is 18.2 Å². The van der Waals surface area contributed by atoms with E-state index in [9.17, 15) is 26.0 Å². The molecule has 0 bridgehead atoms. The number of ether oxygens (including phenoxy) is 2. The van der Waals surface area contributed by atoms with Gasteiger partial charge in [-0.3, -0.25) is 0 Å². The molecule has 37 heavy (non-hydrogen) atoms. The maximum Gasteiger partial charge on any atom is 0.450 e. The minimum atomic E-state index is -4.68. The van der Waals surface area contributed by atoms with Crippen molar-refractivity contribution in [2.24, 2.45) is 5.73 Å². The predicted octanol–water partition coefficient (Wildman–Crippen LogP) is 4.07. The quantitative estimate of drug-likeness (QED) is 0.440. The number of primary amides is 1. The zero-order valence-corrected chi connectivity index (χ0v) is 22.0. The Hall–Kier alpha value is -3.48. The summed E-state index contributed by atoms with van der Waals surface area (Å²) in [6.45, 7) is 2.46. The Morgan fingerprint density at radius 2 is 1.65 bits per heavy atom. The number of hydrogen-bond acceptors (Lipinski definition) is 7. The van der Waals surface area contributed by atoms with Crippen molar-refractivity contribution in [3.8, 4) is 22.6 Å². The van der Waals surface area contributed by atoms with Crippen LogP contribution in [0.15, 0.2) is 60.7 Å². The summed E-state index contributed by atoms with van der Waals surface area (Å²) in [7, 11) is -7.90. The number of quaternary nitrogens is 1. The molecule has 0 saturated carbocycles. The lowest BCUT2D eigenvalue weighted by Gasteiger charge is -2.33. The Balaban J connectivity index is 2.13. The topological polar surface area (TPSA) is 130 Å². The molecule has 0 spiro atoms. The molecule has 1 unspecified atom stereocenters. The maximum absolute atomic E-state index is 14.2. The van der Waals surface area contributed by atoms with E-state index in [1.165, 1.54) is 57.4 Å². The molecule has 2 amide bonds. The van der Waals surface area contributed by atoms with Crippen LogP contribution in [0.4, 0.5) is 14.9 Å². The lowest BCUT2D eigenvalue weighted by atomic mass is 9.88. The fourth-order valence-electron chi connectivity index (χ4n) is 4.59. The molecule has 4 rings (SSSR count). The van der Waals surface area contributed by atoms with Crippen molar-refractivity contribution < 1.29 is 35.5 Å². The van der Waals surface area contributed by atoms with Gasteiger partial charge in [-0.25, -0.2) is 9.18 Å². The lowest BCUT2D eigenvalue weighted by Crippen LogP contribution is -2.65. The average Bonchev–Trinajstić information content (AvgIpc) is 2.87. The van der Waals surface area contributed by atoms with Gasteiger partial charge in [-0.2, -0.15) is 16.8 Å². The van der Waals surface area contributed by atoms with Crippen LogP contribution in [0.3, 0.4) is 0 Å². The summed E-state index contributed by atoms with van der Waals surface area (Å²) in [5.41, 5.74) is 6.94. The number of fused-ring (bicyclic) bond motifs is 3. The Morgan fingerprint density at radius 3 is 2.22 bits per heavy atom. The van der Waals surface area contributed by atoms with Crippen molar-refractivity contribution >= 4 is 31.8 Å². The number of hydrogen-bond donors (Lipinski definition) is 1. The van der Waals surface area contributed by atoms with Crippen molar-refractivity contribution in [1.82, 2.24) is 3.29 Å². The van der Waals surface area contributed by atoms with Gasteiger partial charge < -0.3 is 15.2 Å². The molecule has 1 aliphatic heterocycles. The number of methoxy groups -OCH3 is 1. The fourth-order valence-corrected chi connectivity index (χ4v) is 8.75. The van der Waals surface area contributed by atoms with Gasteiger partial charge in [0.1, 0.15) is 23.4 Å². The SMILES string of the molecule is CCS(=O)(=O)[N+](C(N)=O)(c1ccc2c(c1)C(c1cccc(F)c1)Oc1cccc(OC)c1-2)S(=O)(=O)CC. The summed E-state index contributed by atoms with van der Waals surface area (Å²) in [4.78, 5) is 12.8. The highest BCUT2D eigenvalue weighted by molar-refractivity contribution is 8.08. The number of rotatable bonds is 7. The monoisotopic (exact) mass is 549 g/mol. The highest BCUT2D eigenvalue weighted by Gasteiger charge is 2.60. The first kappa shape index (κ1) is 26.6. The van der Waals surface area contributed by atoms with Crippen molar-refractivity contribution in [2.75, 3.05) is 18.6 Å². The smallest absolute Gasteiger partial charge is 0.450 e. The molecule has 2 N–H and O–H groups in total. The molecule has 3 aromatic carbocycles. The van der Waals surface area contributed by atoms with Gasteiger partial charge in [-0.05, 0) is 58.6 Å². The second kappa shape index (κ2) is 9.43. The van der Waals surface area contributed by atoms with Gasteiger partial charge >= 0.3 is 26.1 Å². The number of halogens is 1. The van der Waals surface area contributed by atoms with E-state index in [4.69, 9.17) is 15.2 Å². The van der Waals surface area contributed by atoms with Crippen LogP contribution >= 0.6 is 0 Å². The van der Waals surface area contributed by atoms with Gasteiger partial charge in [0.25, 0.3) is 0 Å². The molecule has 0 aromatic heterocycles. The average molecular weight is 550 g/mol. The van der Waals surface area contributed by atoms with E-state index in [0.29, 0.717) is 33.8 Å². The number of sulfonamides is 2. The van der Waals surface area contributed by atoms with Crippen LogP contribution in [0, 0.1) is 5.82 Å². The van der Waals surface area contributed by atoms with Gasteiger partial charge in [0.05, 0.1) is 24.2 Å². The standard InChI is InChI=1S/C25H25FN2O7S2/c1-4-36(30,31)28(25(27)29,37(32,33)5-2)18-12-13-19-20(15-18)24(16-8-6-9-17(26)14-16)35-22-11-7-10-21(34-3)23(19)22/h6-15,24H,4-5H2,1-3H3,(H-,27,29)/p+1. The number of carbonyl (C=O) groups excluding carboxylic acids is 1. The van der Waals surface area contributed by atoms with E-state index in [2.05, 4.69) is 0 Å². The van der Waals surface area contributed by atoms with Crippen LogP contribution in [-0.2, 0) is 20.0 Å². The molecule has 196 valence electrons. The number of urea groups is 1. The first-order chi connectivity index (χ1) is 17.4. The van der Waals surface area contributed by atoms with Crippen LogP contribution in [0.25, 0.3) is 11.1 Å². The number of carbonyl (C=O) groups is 1. The van der Waals surface area contributed by atoms with E-state index >= 15 is 0 Å². The Kier molecular flexibility index (Phi) is 6.78. The normalized spacial score (nSPS) is 15.3. The minimum Gasteiger partial charge on any atom is -0.496 e. The first-order valence-electron chi connectivity index (χ1n) is 11.3. The van der Waals surface area contributed by atoms with E-state index in [1.807, 2.05) is 0 Å². The highest BCUT2D eigenvalue weighted by Crippen LogP contribution is 2.50. The van der Waals surface area contributed by atoms with Crippen LogP contribution in [0.1, 0.15) is 31.1 Å². The number of amides is 2. The van der Waals surface area contributed by atoms with Crippen molar-refractivity contribution in [1.29, 1.82) is 0 Å². The van der Waals surface area contributed by atoms with E-state index in [-0.39, 0.29) is 0 Å². The summed E-state index contributed by atoms with van der Waals surface area (Å²) >= 11 is 0. The third-order valence-corrected chi connectivity index (χ3v) is 11.5. The highest BCUT2D eigenvalue weighted by atomic mass is 32.3. The van der Waals surface area contributed by atoms with E-state index in [0.717, 1.165) is 0 Å². The van der Waals surface area contributed by atoms with Gasteiger partial charge in [-0.15, -0.1) is 0 Å². The molecule has 9 nitrogen and oxygen atoms in total. The van der Waals surface area contributed by atoms with Gasteiger partial charge in [0.15, 0.2) is 5.69 Å². The molecule has 0 radical (unpaired) electrons. The fraction of sp³-hybridized carbons (Fsp3) is 0.240. The summed E-state index contributed by atoms with van der Waals surface area (Å²) in [5.74, 6) is -1.01. The van der Waals surface area contributed by atoms with Crippen LogP contribution in [-0.4, -0.2) is 41.5 Å². The third-order valence-electron chi connectivity index (χ3n) is 6.33. The second-order valence-corrected chi connectivity index (χ2v) is 13.1. The summed E-state index contributed by atoms with van der Waals surface area (Å²) in [6.07, 6.45) is -0.964. The maximum atomic E-state index is 14.2. The number of nitrogens with zero attached hydrogens (tertiary/aromatic N) is 1. The molecule has 1 aliphatic rings. The van der Waals surface area contributed by atoms with Crippen molar-refractivity contribution in [2.45, 2.75) is 20.0 Å². The van der Waals surface area contributed by atoms with Gasteiger partial charge in [0.2, 0.25) is 0 Å². The molecule has 0 aliphatic carbocycles. The number of nitrogens with two attached hydrogens (primary N) is 1. The van der Waals surface area contributed by atoms with Crippen molar-refractivity contribution in [3.05, 3.63) is 77.6 Å². The lowest BCUT2D eigenvalue weighted by molar-refractivity contribution is 0.240. The number of benzene rings is 3. The van der Waals surface area contributed by atoms with E-state index in [1.54, 1.807) is 24.3 Å². The van der Waals surface area contributed by atoms with E-state index < -0.39 is 58.5 Å².